The maximum absolute atomic E-state index is 13.2. The Kier molecular flexibility index (Phi) is 8.81. The number of benzene rings is 3. The summed E-state index contributed by atoms with van der Waals surface area (Å²) in [7, 11) is -2.49. The molecule has 4 rings (SSSR count). The summed E-state index contributed by atoms with van der Waals surface area (Å²) in [6.07, 6.45) is 0.164. The molecule has 0 aromatic heterocycles. The zero-order chi connectivity index (χ0) is 27.8. The van der Waals surface area contributed by atoms with Crippen LogP contribution in [0.1, 0.15) is 29.0 Å². The van der Waals surface area contributed by atoms with Crippen LogP contribution >= 0.6 is 11.6 Å². The topological polar surface area (TPSA) is 126 Å². The summed E-state index contributed by atoms with van der Waals surface area (Å²) in [5, 5.41) is 16.2. The molecule has 1 unspecified atom stereocenters. The van der Waals surface area contributed by atoms with Gasteiger partial charge in [-0.15, -0.1) is 10.1 Å². The second kappa shape index (κ2) is 12.4. The maximum atomic E-state index is 13.2. The number of hydrazone groups is 1. The Morgan fingerprint density at radius 2 is 1.85 bits per heavy atom. The summed E-state index contributed by atoms with van der Waals surface area (Å²) in [5.41, 5.74) is 3.23. The van der Waals surface area contributed by atoms with Crippen LogP contribution in [0.25, 0.3) is 0 Å². The fraction of sp³-hybridized carbons (Fsp3) is 0.185. The van der Waals surface area contributed by atoms with Gasteiger partial charge >= 0.3 is 0 Å². The SMILES string of the molecule is CN=C(NS(=O)(=O)c1ccc(C#CCCO[N+](=O)[O-])cc1)N1CC(c2ccccc2)C(c2ccc(Cl)cc2)=N1. The highest BCUT2D eigenvalue weighted by Crippen LogP contribution is 2.29. The lowest BCUT2D eigenvalue weighted by atomic mass is 9.91. The fourth-order valence-corrected chi connectivity index (χ4v) is 5.08. The van der Waals surface area contributed by atoms with Crippen molar-refractivity contribution in [3.8, 4) is 11.8 Å². The molecule has 3 aromatic carbocycles. The van der Waals surface area contributed by atoms with Crippen molar-refractivity contribution in [1.82, 2.24) is 9.73 Å². The standard InChI is InChI=1S/C27H24ClN5O5S/c1-29-27(31-39(36,37)24-16-10-20(11-17-24)7-5-6-18-38-33(34)35)32-19-25(21-8-3-2-4-9-21)26(30-32)22-12-14-23(28)15-13-22/h2-4,8-17,25H,6,18-19H2,1H3,(H,29,31). The van der Waals surface area contributed by atoms with Crippen molar-refractivity contribution in [2.75, 3.05) is 20.2 Å². The minimum Gasteiger partial charge on any atom is -0.313 e. The number of aliphatic imine (C=N–C) groups is 1. The van der Waals surface area contributed by atoms with Gasteiger partial charge in [-0.25, -0.2) is 18.1 Å². The van der Waals surface area contributed by atoms with Gasteiger partial charge in [-0.2, -0.15) is 5.10 Å². The lowest BCUT2D eigenvalue weighted by Crippen LogP contribution is -2.41. The number of hydrogen-bond donors (Lipinski definition) is 1. The Morgan fingerprint density at radius 3 is 2.49 bits per heavy atom. The van der Waals surface area contributed by atoms with E-state index in [4.69, 9.17) is 16.7 Å². The Hall–Kier alpha value is -4.40. The third-order valence-corrected chi connectivity index (χ3v) is 7.36. The molecule has 1 heterocycles. The molecule has 1 aliphatic rings. The summed E-state index contributed by atoms with van der Waals surface area (Å²) in [4.78, 5) is 18.6. The molecular weight excluding hydrogens is 542 g/mol. The van der Waals surface area contributed by atoms with E-state index in [9.17, 15) is 18.5 Å². The van der Waals surface area contributed by atoms with Crippen molar-refractivity contribution in [3.63, 3.8) is 0 Å². The van der Waals surface area contributed by atoms with E-state index < -0.39 is 15.1 Å². The van der Waals surface area contributed by atoms with Gasteiger partial charge in [0.05, 0.1) is 17.2 Å². The Labute approximate surface area is 231 Å². The van der Waals surface area contributed by atoms with E-state index in [0.717, 1.165) is 16.8 Å². The Morgan fingerprint density at radius 1 is 1.15 bits per heavy atom. The van der Waals surface area contributed by atoms with Crippen LogP contribution in [0.2, 0.25) is 5.02 Å². The largest absolute Gasteiger partial charge is 0.313 e. The molecule has 0 saturated carbocycles. The predicted molar refractivity (Wildman–Crippen MR) is 148 cm³/mol. The molecule has 1 aliphatic heterocycles. The van der Waals surface area contributed by atoms with Crippen LogP contribution in [0.5, 0.6) is 0 Å². The summed E-state index contributed by atoms with van der Waals surface area (Å²) in [6.45, 7) is 0.241. The first-order valence-electron chi connectivity index (χ1n) is 11.8. The number of hydrogen-bond acceptors (Lipinski definition) is 7. The van der Waals surface area contributed by atoms with Crippen molar-refractivity contribution in [2.45, 2.75) is 17.2 Å². The number of halogens is 1. The van der Waals surface area contributed by atoms with E-state index in [2.05, 4.69) is 26.4 Å². The van der Waals surface area contributed by atoms with Gasteiger partial charge < -0.3 is 4.84 Å². The number of guanidine groups is 1. The minimum atomic E-state index is -3.99. The van der Waals surface area contributed by atoms with Gasteiger partial charge in [-0.05, 0) is 47.5 Å². The zero-order valence-electron chi connectivity index (χ0n) is 20.8. The van der Waals surface area contributed by atoms with Gasteiger partial charge in [0, 0.05) is 30.0 Å². The van der Waals surface area contributed by atoms with Crippen molar-refractivity contribution >= 4 is 33.3 Å². The van der Waals surface area contributed by atoms with Crippen LogP contribution in [-0.2, 0) is 14.9 Å². The van der Waals surface area contributed by atoms with Crippen LogP contribution < -0.4 is 4.72 Å². The molecule has 0 bridgehead atoms. The normalized spacial score (nSPS) is 15.2. The summed E-state index contributed by atoms with van der Waals surface area (Å²) in [6, 6.07) is 23.1. The van der Waals surface area contributed by atoms with E-state index >= 15 is 0 Å². The molecule has 39 heavy (non-hydrogen) atoms. The Balaban J connectivity index is 1.52. The number of nitrogens with zero attached hydrogens (tertiary/aromatic N) is 4. The van der Waals surface area contributed by atoms with Crippen LogP contribution in [0.15, 0.2) is 93.9 Å². The monoisotopic (exact) mass is 565 g/mol. The van der Waals surface area contributed by atoms with E-state index in [0.29, 0.717) is 17.1 Å². The van der Waals surface area contributed by atoms with Crippen LogP contribution in [0, 0.1) is 22.0 Å². The molecule has 0 aliphatic carbocycles. The molecular formula is C27H24ClN5O5S. The first-order chi connectivity index (χ1) is 18.8. The summed E-state index contributed by atoms with van der Waals surface area (Å²) < 4.78 is 28.9. The maximum Gasteiger partial charge on any atom is 0.294 e. The highest BCUT2D eigenvalue weighted by Gasteiger charge is 2.32. The van der Waals surface area contributed by atoms with Crippen molar-refractivity contribution < 1.29 is 18.3 Å². The van der Waals surface area contributed by atoms with Gasteiger partial charge in [-0.3, -0.25) is 4.99 Å². The first-order valence-corrected chi connectivity index (χ1v) is 13.7. The molecule has 12 heteroatoms. The van der Waals surface area contributed by atoms with E-state index in [-0.39, 0.29) is 29.8 Å². The van der Waals surface area contributed by atoms with Crippen LogP contribution in [0.4, 0.5) is 0 Å². The van der Waals surface area contributed by atoms with Crippen molar-refractivity contribution in [3.05, 3.63) is 111 Å². The van der Waals surface area contributed by atoms with E-state index in [1.54, 1.807) is 29.3 Å². The molecule has 0 fully saturated rings. The summed E-state index contributed by atoms with van der Waals surface area (Å²) >= 11 is 6.08. The second-order valence-corrected chi connectivity index (χ2v) is 10.4. The molecule has 3 aromatic rings. The van der Waals surface area contributed by atoms with E-state index in [1.165, 1.54) is 19.2 Å². The quantitative estimate of drug-likeness (QED) is 0.115. The smallest absolute Gasteiger partial charge is 0.294 e. The van der Waals surface area contributed by atoms with Crippen LogP contribution in [-0.4, -0.2) is 50.4 Å². The van der Waals surface area contributed by atoms with Gasteiger partial charge in [0.1, 0.15) is 6.61 Å². The highest BCUT2D eigenvalue weighted by atomic mass is 35.5. The average molecular weight is 566 g/mol. The van der Waals surface area contributed by atoms with Crippen LogP contribution in [0.3, 0.4) is 0 Å². The molecule has 1 N–H and O–H groups in total. The number of sulfonamides is 1. The summed E-state index contributed by atoms with van der Waals surface area (Å²) in [5.74, 6) is 5.51. The van der Waals surface area contributed by atoms with Crippen molar-refractivity contribution in [1.29, 1.82) is 0 Å². The molecule has 10 nitrogen and oxygen atoms in total. The fourth-order valence-electron chi connectivity index (χ4n) is 3.91. The third kappa shape index (κ3) is 7.13. The minimum absolute atomic E-state index is 0.0200. The van der Waals surface area contributed by atoms with Gasteiger partial charge in [0.25, 0.3) is 15.1 Å². The lowest BCUT2D eigenvalue weighted by molar-refractivity contribution is -0.757. The third-order valence-electron chi connectivity index (χ3n) is 5.76. The molecule has 200 valence electrons. The average Bonchev–Trinajstić information content (AvgIpc) is 3.38. The van der Waals surface area contributed by atoms with Gasteiger partial charge in [0.2, 0.25) is 5.96 Å². The molecule has 0 spiro atoms. The molecule has 0 saturated heterocycles. The lowest BCUT2D eigenvalue weighted by Gasteiger charge is -2.19. The first kappa shape index (κ1) is 27.6. The molecule has 1 atom stereocenters. The second-order valence-electron chi connectivity index (χ2n) is 8.32. The zero-order valence-corrected chi connectivity index (χ0v) is 22.4. The van der Waals surface area contributed by atoms with E-state index in [1.807, 2.05) is 42.5 Å². The molecule has 0 amide bonds. The van der Waals surface area contributed by atoms with Crippen molar-refractivity contribution in [2.24, 2.45) is 10.1 Å². The van der Waals surface area contributed by atoms with Gasteiger partial charge in [-0.1, -0.05) is 65.9 Å². The molecule has 0 radical (unpaired) electrons. The number of rotatable bonds is 7. The predicted octanol–water partition coefficient (Wildman–Crippen LogP) is 4.06. The highest BCUT2D eigenvalue weighted by molar-refractivity contribution is 7.90. The Bertz CT molecular complexity index is 1550. The van der Waals surface area contributed by atoms with Gasteiger partial charge in [0.15, 0.2) is 0 Å². The number of nitrogens with one attached hydrogen (secondary N) is 1.